The van der Waals surface area contributed by atoms with Crippen LogP contribution in [-0.4, -0.2) is 32.6 Å². The molecule has 6 nitrogen and oxygen atoms in total. The molecule has 1 saturated carbocycles. The maximum Gasteiger partial charge on any atom is 0.195 e. The summed E-state index contributed by atoms with van der Waals surface area (Å²) >= 11 is 0. The van der Waals surface area contributed by atoms with Crippen LogP contribution in [0.5, 0.6) is 0 Å². The molecule has 2 aromatic carbocycles. The van der Waals surface area contributed by atoms with E-state index in [-0.39, 0.29) is 17.6 Å². The zero-order valence-electron chi connectivity index (χ0n) is 19.3. The lowest BCUT2D eigenvalue weighted by molar-refractivity contribution is 0.0948. The average Bonchev–Trinajstić information content (AvgIpc) is 3.31. The second kappa shape index (κ2) is 9.59. The zero-order valence-corrected chi connectivity index (χ0v) is 19.3. The summed E-state index contributed by atoms with van der Waals surface area (Å²) in [5.41, 5.74) is 3.65. The van der Waals surface area contributed by atoms with Gasteiger partial charge >= 0.3 is 0 Å². The lowest BCUT2D eigenvalue weighted by atomic mass is 9.82. The van der Waals surface area contributed by atoms with Crippen LogP contribution in [0.3, 0.4) is 0 Å². The Bertz CT molecular complexity index is 1320. The Balaban J connectivity index is 1.29. The number of H-pyrrole nitrogens is 1. The second-order valence-corrected chi connectivity index (χ2v) is 9.15. The van der Waals surface area contributed by atoms with E-state index in [1.165, 1.54) is 6.33 Å². The van der Waals surface area contributed by atoms with Crippen molar-refractivity contribution in [2.45, 2.75) is 45.1 Å². The van der Waals surface area contributed by atoms with Gasteiger partial charge in [0, 0.05) is 29.8 Å². The number of benzene rings is 2. The number of fused-ring (bicyclic) bond motifs is 1. The molecule has 0 amide bonds. The molecule has 0 aliphatic heterocycles. The van der Waals surface area contributed by atoms with E-state index in [1.54, 1.807) is 6.20 Å². The number of nitrogens with zero attached hydrogens (tertiary/aromatic N) is 2. The highest BCUT2D eigenvalue weighted by Gasteiger charge is 2.26. The van der Waals surface area contributed by atoms with Crippen molar-refractivity contribution in [2.75, 3.05) is 5.32 Å². The Morgan fingerprint density at radius 2 is 1.68 bits per heavy atom. The van der Waals surface area contributed by atoms with Crippen molar-refractivity contribution in [1.29, 1.82) is 0 Å². The minimum atomic E-state index is -0.0367. The number of anilines is 1. The number of rotatable bonds is 7. The first-order valence-electron chi connectivity index (χ1n) is 11.9. The van der Waals surface area contributed by atoms with Gasteiger partial charge in [-0.05, 0) is 44.1 Å². The van der Waals surface area contributed by atoms with Gasteiger partial charge in [0.2, 0.25) is 0 Å². The molecule has 2 aromatic heterocycles. The molecule has 34 heavy (non-hydrogen) atoms. The van der Waals surface area contributed by atoms with E-state index in [0.717, 1.165) is 42.2 Å². The molecule has 0 bridgehead atoms. The van der Waals surface area contributed by atoms with Gasteiger partial charge in [-0.1, -0.05) is 54.6 Å². The third-order valence-corrected chi connectivity index (χ3v) is 6.86. The highest BCUT2D eigenvalue weighted by atomic mass is 16.1. The number of nitrogens with one attached hydrogen (secondary N) is 2. The highest BCUT2D eigenvalue weighted by Crippen LogP contribution is 2.32. The van der Waals surface area contributed by atoms with Gasteiger partial charge in [0.15, 0.2) is 11.6 Å². The van der Waals surface area contributed by atoms with Crippen molar-refractivity contribution >= 4 is 28.4 Å². The molecule has 6 heteroatoms. The van der Waals surface area contributed by atoms with E-state index in [4.69, 9.17) is 0 Å². The van der Waals surface area contributed by atoms with Gasteiger partial charge in [0.05, 0.1) is 10.9 Å². The van der Waals surface area contributed by atoms with E-state index in [9.17, 15) is 9.59 Å². The molecule has 1 aliphatic carbocycles. The van der Waals surface area contributed by atoms with Gasteiger partial charge in [0.1, 0.15) is 17.8 Å². The molecular formula is C28H28N4O2. The molecule has 0 radical (unpaired) electrons. The van der Waals surface area contributed by atoms with Crippen molar-refractivity contribution in [1.82, 2.24) is 15.0 Å². The minimum absolute atomic E-state index is 0.0367. The summed E-state index contributed by atoms with van der Waals surface area (Å²) in [4.78, 5) is 37.8. The summed E-state index contributed by atoms with van der Waals surface area (Å²) < 4.78 is 0. The number of carbonyl (C=O) groups excluding carboxylic acids is 2. The van der Waals surface area contributed by atoms with Crippen LogP contribution in [0.15, 0.2) is 67.1 Å². The maximum atomic E-state index is 13.3. The molecule has 1 fully saturated rings. The third kappa shape index (κ3) is 4.49. The molecule has 2 heterocycles. The van der Waals surface area contributed by atoms with Crippen LogP contribution >= 0.6 is 0 Å². The first-order valence-corrected chi connectivity index (χ1v) is 11.9. The molecule has 2 N–H and O–H groups in total. The van der Waals surface area contributed by atoms with Gasteiger partial charge in [-0.25, -0.2) is 9.97 Å². The fourth-order valence-corrected chi connectivity index (χ4v) is 4.93. The van der Waals surface area contributed by atoms with Gasteiger partial charge in [0.25, 0.3) is 0 Å². The predicted octanol–water partition coefficient (Wildman–Crippen LogP) is 5.74. The molecule has 172 valence electrons. The number of ketones is 2. The first kappa shape index (κ1) is 22.0. The summed E-state index contributed by atoms with van der Waals surface area (Å²) in [7, 11) is 0. The minimum Gasteiger partial charge on any atom is -0.367 e. The predicted molar refractivity (Wildman–Crippen MR) is 133 cm³/mol. The van der Waals surface area contributed by atoms with Crippen molar-refractivity contribution < 1.29 is 9.59 Å². The largest absolute Gasteiger partial charge is 0.367 e. The molecule has 0 saturated heterocycles. The topological polar surface area (TPSA) is 87.7 Å². The summed E-state index contributed by atoms with van der Waals surface area (Å²) in [6.45, 7) is 1.94. The highest BCUT2D eigenvalue weighted by molar-refractivity contribution is 6.18. The van der Waals surface area contributed by atoms with Crippen LogP contribution in [0.2, 0.25) is 0 Å². The van der Waals surface area contributed by atoms with Crippen molar-refractivity contribution in [2.24, 2.45) is 5.92 Å². The van der Waals surface area contributed by atoms with Crippen LogP contribution < -0.4 is 5.32 Å². The third-order valence-electron chi connectivity index (χ3n) is 6.86. The summed E-state index contributed by atoms with van der Waals surface area (Å²) in [5, 5.41) is 4.30. The number of aromatic nitrogens is 3. The summed E-state index contributed by atoms with van der Waals surface area (Å²) in [6, 6.07) is 17.4. The van der Waals surface area contributed by atoms with Gasteiger partial charge in [-0.15, -0.1) is 0 Å². The smallest absolute Gasteiger partial charge is 0.195 e. The number of hydrogen-bond acceptors (Lipinski definition) is 5. The standard InChI is InChI=1S/C28H28N4O2/c1-18-7-5-6-10-22(18)26(34)23-16-29-27-25(23)28(31-17-30-27)32-21-13-11-19(12-14-21)15-24(33)20-8-3-2-4-9-20/h2-10,16-17,19,21H,11-15H2,1H3,(H2,29,30,31,32). The van der Waals surface area contributed by atoms with Gasteiger partial charge < -0.3 is 10.3 Å². The quantitative estimate of drug-likeness (QED) is 0.349. The molecule has 0 atom stereocenters. The SMILES string of the molecule is Cc1ccccc1C(=O)c1c[nH]c2ncnc(NC3CCC(CC(=O)c4ccccc4)CC3)c12. The zero-order chi connectivity index (χ0) is 23.5. The Hall–Kier alpha value is -3.80. The molecule has 0 spiro atoms. The molecule has 4 aromatic rings. The van der Waals surface area contributed by atoms with Crippen molar-refractivity contribution in [3.63, 3.8) is 0 Å². The van der Waals surface area contributed by atoms with Crippen LogP contribution in [0.25, 0.3) is 11.0 Å². The van der Waals surface area contributed by atoms with Crippen LogP contribution in [-0.2, 0) is 0 Å². The van der Waals surface area contributed by atoms with Gasteiger partial charge in [-0.2, -0.15) is 0 Å². The molecular weight excluding hydrogens is 424 g/mol. The van der Waals surface area contributed by atoms with Crippen LogP contribution in [0, 0.1) is 12.8 Å². The van der Waals surface area contributed by atoms with E-state index in [2.05, 4.69) is 20.3 Å². The van der Waals surface area contributed by atoms with Crippen LogP contribution in [0.1, 0.15) is 63.9 Å². The second-order valence-electron chi connectivity index (χ2n) is 9.15. The number of Topliss-reactive ketones (excluding diaryl/α,β-unsaturated/α-hetero) is 1. The van der Waals surface area contributed by atoms with Crippen molar-refractivity contribution in [3.05, 3.63) is 89.4 Å². The van der Waals surface area contributed by atoms with Crippen LogP contribution in [0.4, 0.5) is 5.82 Å². The number of hydrogen-bond donors (Lipinski definition) is 2. The Morgan fingerprint density at radius 1 is 0.941 bits per heavy atom. The first-order chi connectivity index (χ1) is 16.6. The van der Waals surface area contributed by atoms with E-state index < -0.39 is 0 Å². The number of carbonyl (C=O) groups is 2. The number of aryl methyl sites for hydroxylation is 1. The lowest BCUT2D eigenvalue weighted by Gasteiger charge is -2.29. The fourth-order valence-electron chi connectivity index (χ4n) is 4.93. The average molecular weight is 453 g/mol. The monoisotopic (exact) mass is 452 g/mol. The number of aromatic amines is 1. The van der Waals surface area contributed by atoms with Gasteiger partial charge in [-0.3, -0.25) is 9.59 Å². The summed E-state index contributed by atoms with van der Waals surface area (Å²) in [5.74, 6) is 1.28. The Labute approximate surface area is 198 Å². The summed E-state index contributed by atoms with van der Waals surface area (Å²) in [6.07, 6.45) is 7.76. The Morgan fingerprint density at radius 3 is 2.44 bits per heavy atom. The van der Waals surface area contributed by atoms with E-state index >= 15 is 0 Å². The molecule has 5 rings (SSSR count). The maximum absolute atomic E-state index is 13.3. The molecule has 0 unspecified atom stereocenters. The Kier molecular flexibility index (Phi) is 6.21. The molecule has 1 aliphatic rings. The lowest BCUT2D eigenvalue weighted by Crippen LogP contribution is -2.27. The van der Waals surface area contributed by atoms with E-state index in [1.807, 2.05) is 61.5 Å². The van der Waals surface area contributed by atoms with Crippen molar-refractivity contribution in [3.8, 4) is 0 Å². The fraction of sp³-hybridized carbons (Fsp3) is 0.286. The normalized spacial score (nSPS) is 18.0. The van der Waals surface area contributed by atoms with E-state index in [0.29, 0.717) is 34.9 Å².